The first-order valence-corrected chi connectivity index (χ1v) is 5.08. The summed E-state index contributed by atoms with van der Waals surface area (Å²) in [7, 11) is 1.90. The summed E-state index contributed by atoms with van der Waals surface area (Å²) in [5.74, 6) is 0.666. The van der Waals surface area contributed by atoms with Gasteiger partial charge in [-0.15, -0.1) is 5.10 Å². The van der Waals surface area contributed by atoms with Gasteiger partial charge in [0.25, 0.3) is 0 Å². The molecule has 0 bridgehead atoms. The van der Waals surface area contributed by atoms with E-state index in [0.717, 1.165) is 12.2 Å². The Bertz CT molecular complexity index is 323. The van der Waals surface area contributed by atoms with Crippen LogP contribution in [0, 0.1) is 11.3 Å². The summed E-state index contributed by atoms with van der Waals surface area (Å²) in [5, 5.41) is 11.5. The predicted molar refractivity (Wildman–Crippen MR) is 54.7 cm³/mol. The Morgan fingerprint density at radius 1 is 1.50 bits per heavy atom. The molecule has 4 nitrogen and oxygen atoms in total. The van der Waals surface area contributed by atoms with Crippen LogP contribution in [0.3, 0.4) is 0 Å². The average molecular weight is 194 g/mol. The monoisotopic (exact) mass is 194 g/mol. The van der Waals surface area contributed by atoms with Gasteiger partial charge in [0.2, 0.25) is 0 Å². The summed E-state index contributed by atoms with van der Waals surface area (Å²) in [4.78, 5) is 0. The van der Waals surface area contributed by atoms with Crippen LogP contribution < -0.4 is 5.32 Å². The van der Waals surface area contributed by atoms with Gasteiger partial charge in [0.1, 0.15) is 0 Å². The van der Waals surface area contributed by atoms with Gasteiger partial charge < -0.3 is 5.32 Å². The predicted octanol–water partition coefficient (Wildman–Crippen LogP) is 1.12. The van der Waals surface area contributed by atoms with Gasteiger partial charge in [0, 0.05) is 19.8 Å². The number of nitrogens with zero attached hydrogens (tertiary/aromatic N) is 3. The third-order valence-electron chi connectivity index (χ3n) is 3.01. The van der Waals surface area contributed by atoms with Crippen molar-refractivity contribution in [1.82, 2.24) is 20.3 Å². The Balaban J connectivity index is 2.14. The summed E-state index contributed by atoms with van der Waals surface area (Å²) in [5.41, 5.74) is 1.41. The first-order chi connectivity index (χ1) is 6.48. The quantitative estimate of drug-likeness (QED) is 0.728. The van der Waals surface area contributed by atoms with Gasteiger partial charge in [0.15, 0.2) is 0 Å². The van der Waals surface area contributed by atoms with E-state index in [1.54, 1.807) is 4.68 Å². The van der Waals surface area contributed by atoms with Gasteiger partial charge in [0.05, 0.1) is 11.7 Å². The lowest BCUT2D eigenvalue weighted by Crippen LogP contribution is -2.51. The molecule has 2 rings (SSSR count). The van der Waals surface area contributed by atoms with E-state index in [0.29, 0.717) is 17.4 Å². The third kappa shape index (κ3) is 1.54. The molecule has 78 valence electrons. The Morgan fingerprint density at radius 3 is 2.57 bits per heavy atom. The van der Waals surface area contributed by atoms with Gasteiger partial charge in [-0.05, 0) is 11.3 Å². The van der Waals surface area contributed by atoms with E-state index in [4.69, 9.17) is 0 Å². The van der Waals surface area contributed by atoms with E-state index in [1.165, 1.54) is 0 Å². The van der Waals surface area contributed by atoms with E-state index < -0.39 is 0 Å². The van der Waals surface area contributed by atoms with Crippen LogP contribution in [0.1, 0.15) is 32.5 Å². The molecular weight excluding hydrogens is 176 g/mol. The second-order valence-corrected chi connectivity index (χ2v) is 5.18. The fourth-order valence-electron chi connectivity index (χ4n) is 1.98. The van der Waals surface area contributed by atoms with Gasteiger partial charge in [-0.2, -0.15) is 0 Å². The maximum absolute atomic E-state index is 4.15. The SMILES string of the molecule is Cn1cc(C2NCC2C(C)(C)C)nn1. The van der Waals surface area contributed by atoms with Crippen molar-refractivity contribution in [3.8, 4) is 0 Å². The van der Waals surface area contributed by atoms with Crippen molar-refractivity contribution in [2.45, 2.75) is 26.8 Å². The molecule has 0 amide bonds. The topological polar surface area (TPSA) is 42.7 Å². The zero-order valence-corrected chi connectivity index (χ0v) is 9.28. The molecule has 1 aromatic rings. The molecule has 1 fully saturated rings. The van der Waals surface area contributed by atoms with Gasteiger partial charge in [-0.3, -0.25) is 4.68 Å². The number of nitrogens with one attached hydrogen (secondary N) is 1. The number of aromatic nitrogens is 3. The highest BCUT2D eigenvalue weighted by molar-refractivity contribution is 5.10. The van der Waals surface area contributed by atoms with E-state index in [2.05, 4.69) is 36.4 Å². The summed E-state index contributed by atoms with van der Waals surface area (Å²) < 4.78 is 1.76. The van der Waals surface area contributed by atoms with Crippen LogP contribution in [-0.2, 0) is 7.05 Å². The molecule has 2 heterocycles. The van der Waals surface area contributed by atoms with E-state index in [9.17, 15) is 0 Å². The average Bonchev–Trinajstić information content (AvgIpc) is 2.29. The van der Waals surface area contributed by atoms with Crippen molar-refractivity contribution in [3.63, 3.8) is 0 Å². The number of hydrogen-bond donors (Lipinski definition) is 1. The van der Waals surface area contributed by atoms with Crippen molar-refractivity contribution >= 4 is 0 Å². The third-order valence-corrected chi connectivity index (χ3v) is 3.01. The molecule has 0 aliphatic carbocycles. The van der Waals surface area contributed by atoms with Crippen molar-refractivity contribution in [3.05, 3.63) is 11.9 Å². The summed E-state index contributed by atoms with van der Waals surface area (Å²) in [6.07, 6.45) is 2.00. The molecular formula is C10H18N4. The zero-order valence-electron chi connectivity index (χ0n) is 9.28. The molecule has 14 heavy (non-hydrogen) atoms. The smallest absolute Gasteiger partial charge is 0.0999 e. The molecule has 1 aliphatic rings. The Hall–Kier alpha value is -0.900. The fraction of sp³-hybridized carbons (Fsp3) is 0.800. The molecule has 0 saturated carbocycles. The molecule has 0 spiro atoms. The van der Waals surface area contributed by atoms with Crippen LogP contribution in [0.25, 0.3) is 0 Å². The molecule has 1 N–H and O–H groups in total. The number of rotatable bonds is 1. The lowest BCUT2D eigenvalue weighted by Gasteiger charge is -2.45. The van der Waals surface area contributed by atoms with Crippen LogP contribution in [0.2, 0.25) is 0 Å². The second kappa shape index (κ2) is 3.05. The van der Waals surface area contributed by atoms with Crippen LogP contribution in [-0.4, -0.2) is 21.5 Å². The molecule has 2 unspecified atom stereocenters. The van der Waals surface area contributed by atoms with Crippen molar-refractivity contribution in [2.75, 3.05) is 6.54 Å². The van der Waals surface area contributed by atoms with Gasteiger partial charge in [-0.25, -0.2) is 0 Å². The molecule has 4 heteroatoms. The Kier molecular flexibility index (Phi) is 2.10. The minimum Gasteiger partial charge on any atom is -0.308 e. The lowest BCUT2D eigenvalue weighted by atomic mass is 9.71. The molecule has 0 radical (unpaired) electrons. The zero-order chi connectivity index (χ0) is 10.3. The first kappa shape index (κ1) is 9.65. The minimum atomic E-state index is 0.341. The molecule has 2 atom stereocenters. The molecule has 1 aromatic heterocycles. The summed E-state index contributed by atoms with van der Waals surface area (Å²) in [6, 6.07) is 0.392. The number of hydrogen-bond acceptors (Lipinski definition) is 3. The standard InChI is InChI=1S/C10H18N4/c1-10(2,3)7-5-11-9(7)8-6-14(4)13-12-8/h6-7,9,11H,5H2,1-4H3. The van der Waals surface area contributed by atoms with Gasteiger partial charge >= 0.3 is 0 Å². The van der Waals surface area contributed by atoms with Gasteiger partial charge in [-0.1, -0.05) is 26.0 Å². The second-order valence-electron chi connectivity index (χ2n) is 5.18. The van der Waals surface area contributed by atoms with E-state index in [-0.39, 0.29) is 0 Å². The normalized spacial score (nSPS) is 27.4. The highest BCUT2D eigenvalue weighted by Crippen LogP contribution is 2.40. The van der Waals surface area contributed by atoms with Crippen molar-refractivity contribution in [1.29, 1.82) is 0 Å². The van der Waals surface area contributed by atoms with Crippen LogP contribution in [0.5, 0.6) is 0 Å². The Labute approximate surface area is 84.7 Å². The maximum atomic E-state index is 4.15. The fourth-order valence-corrected chi connectivity index (χ4v) is 1.98. The summed E-state index contributed by atoms with van der Waals surface area (Å²) in [6.45, 7) is 7.93. The minimum absolute atomic E-state index is 0.341. The molecule has 1 aliphatic heterocycles. The number of aryl methyl sites for hydroxylation is 1. The Morgan fingerprint density at radius 2 is 2.21 bits per heavy atom. The lowest BCUT2D eigenvalue weighted by molar-refractivity contribution is 0.0962. The van der Waals surface area contributed by atoms with Crippen LogP contribution >= 0.6 is 0 Å². The first-order valence-electron chi connectivity index (χ1n) is 5.08. The highest BCUT2D eigenvalue weighted by Gasteiger charge is 2.40. The van der Waals surface area contributed by atoms with E-state index in [1.807, 2.05) is 13.2 Å². The van der Waals surface area contributed by atoms with E-state index >= 15 is 0 Å². The summed E-state index contributed by atoms with van der Waals surface area (Å²) >= 11 is 0. The van der Waals surface area contributed by atoms with Crippen molar-refractivity contribution in [2.24, 2.45) is 18.4 Å². The van der Waals surface area contributed by atoms with Crippen molar-refractivity contribution < 1.29 is 0 Å². The largest absolute Gasteiger partial charge is 0.308 e. The van der Waals surface area contributed by atoms with Crippen LogP contribution in [0.4, 0.5) is 0 Å². The van der Waals surface area contributed by atoms with Crippen LogP contribution in [0.15, 0.2) is 6.20 Å². The highest BCUT2D eigenvalue weighted by atomic mass is 15.4. The molecule has 1 saturated heterocycles. The maximum Gasteiger partial charge on any atom is 0.0999 e. The molecule has 0 aromatic carbocycles.